The van der Waals surface area contributed by atoms with Gasteiger partial charge in [0.25, 0.3) is 0 Å². The number of carbonyl (C=O) groups is 1. The highest BCUT2D eigenvalue weighted by Gasteiger charge is 2.17. The molecule has 6 heteroatoms. The number of ether oxygens (including phenoxy) is 2. The summed E-state index contributed by atoms with van der Waals surface area (Å²) < 4.78 is 10.6. The summed E-state index contributed by atoms with van der Waals surface area (Å²) in [6, 6.07) is 6.86. The Labute approximate surface area is 130 Å². The largest absolute Gasteiger partial charge is 0.494 e. The maximum absolute atomic E-state index is 11.6. The van der Waals surface area contributed by atoms with Crippen LogP contribution in [-0.2, 0) is 4.74 Å². The molecule has 0 aromatic heterocycles. The van der Waals surface area contributed by atoms with Crippen LogP contribution in [0.15, 0.2) is 24.3 Å². The van der Waals surface area contributed by atoms with Gasteiger partial charge in [0.2, 0.25) is 0 Å². The van der Waals surface area contributed by atoms with Crippen LogP contribution in [0.2, 0.25) is 0 Å². The first-order valence-electron chi connectivity index (χ1n) is 7.24. The molecule has 0 atom stereocenters. The van der Waals surface area contributed by atoms with E-state index in [0.717, 1.165) is 6.42 Å². The molecule has 1 rings (SSSR count). The van der Waals surface area contributed by atoms with Gasteiger partial charge in [-0.1, -0.05) is 0 Å². The Morgan fingerprint density at radius 1 is 1.23 bits per heavy atom. The van der Waals surface area contributed by atoms with Gasteiger partial charge in [-0.15, -0.1) is 0 Å². The molecule has 22 heavy (non-hydrogen) atoms. The molecule has 6 nitrogen and oxygen atoms in total. The molecule has 1 aromatic rings. The molecule has 3 N–H and O–H groups in total. The number of amidine groups is 1. The Morgan fingerprint density at radius 3 is 2.41 bits per heavy atom. The third-order valence-electron chi connectivity index (χ3n) is 2.59. The third-order valence-corrected chi connectivity index (χ3v) is 2.59. The van der Waals surface area contributed by atoms with Crippen LogP contribution in [0.3, 0.4) is 0 Å². The normalized spacial score (nSPS) is 10.9. The molecule has 122 valence electrons. The smallest absolute Gasteiger partial charge is 0.413 e. The second-order valence-corrected chi connectivity index (χ2v) is 5.81. The van der Waals surface area contributed by atoms with Gasteiger partial charge in [-0.25, -0.2) is 4.79 Å². The van der Waals surface area contributed by atoms with Crippen LogP contribution in [0.25, 0.3) is 0 Å². The van der Waals surface area contributed by atoms with E-state index >= 15 is 0 Å². The predicted octanol–water partition coefficient (Wildman–Crippen LogP) is 2.69. The predicted molar refractivity (Wildman–Crippen MR) is 84.5 cm³/mol. The Kier molecular flexibility index (Phi) is 6.85. The first-order valence-corrected chi connectivity index (χ1v) is 7.24. The van der Waals surface area contributed by atoms with E-state index in [1.165, 1.54) is 0 Å². The third kappa shape index (κ3) is 7.08. The van der Waals surface area contributed by atoms with Gasteiger partial charge in [0, 0.05) is 12.2 Å². The second-order valence-electron chi connectivity index (χ2n) is 5.81. The average Bonchev–Trinajstić information content (AvgIpc) is 2.42. The summed E-state index contributed by atoms with van der Waals surface area (Å²) in [5.74, 6) is 0.660. The van der Waals surface area contributed by atoms with Crippen LogP contribution in [0, 0.1) is 5.41 Å². The number of nitrogens with one attached hydrogen (secondary N) is 2. The van der Waals surface area contributed by atoms with Crippen LogP contribution in [-0.4, -0.2) is 35.9 Å². The van der Waals surface area contributed by atoms with E-state index in [-0.39, 0.29) is 12.4 Å². The molecule has 0 aliphatic heterocycles. The Morgan fingerprint density at radius 2 is 1.86 bits per heavy atom. The standard InChI is InChI=1S/C16H24N2O4/c1-16(2,3)22-15(20)18-14(17)12-6-8-13(9-7-12)21-11-5-4-10-19/h6-9,19H,4-5,10-11H2,1-3H3,(H2,17,18,20). The first-order chi connectivity index (χ1) is 10.3. The molecule has 0 aliphatic carbocycles. The van der Waals surface area contributed by atoms with E-state index in [9.17, 15) is 4.79 Å². The number of hydrogen-bond donors (Lipinski definition) is 3. The number of unbranched alkanes of at least 4 members (excludes halogenated alkanes) is 1. The van der Waals surface area contributed by atoms with Gasteiger partial charge in [-0.3, -0.25) is 10.7 Å². The zero-order valence-corrected chi connectivity index (χ0v) is 13.3. The number of amides is 1. The molecular formula is C16H24N2O4. The van der Waals surface area contributed by atoms with Crippen molar-refractivity contribution in [2.75, 3.05) is 13.2 Å². The number of benzene rings is 1. The Hall–Kier alpha value is -2.08. The molecule has 0 saturated heterocycles. The number of aliphatic hydroxyl groups excluding tert-OH is 1. The number of hydrogen-bond acceptors (Lipinski definition) is 5. The van der Waals surface area contributed by atoms with Crippen LogP contribution in [0.5, 0.6) is 5.75 Å². The lowest BCUT2D eigenvalue weighted by Crippen LogP contribution is -2.36. The lowest BCUT2D eigenvalue weighted by atomic mass is 10.2. The fourth-order valence-electron chi connectivity index (χ4n) is 1.60. The SMILES string of the molecule is CC(C)(C)OC(=O)NC(=N)c1ccc(OCCCCO)cc1. The molecule has 1 amide bonds. The van der Waals surface area contributed by atoms with Crippen LogP contribution >= 0.6 is 0 Å². The van der Waals surface area contributed by atoms with Crippen LogP contribution < -0.4 is 10.1 Å². The van der Waals surface area contributed by atoms with Gasteiger partial charge in [0.15, 0.2) is 0 Å². The van der Waals surface area contributed by atoms with E-state index in [4.69, 9.17) is 20.0 Å². The van der Waals surface area contributed by atoms with E-state index in [1.807, 2.05) is 0 Å². The van der Waals surface area contributed by atoms with Crippen molar-refractivity contribution in [1.82, 2.24) is 5.32 Å². The van der Waals surface area contributed by atoms with E-state index in [2.05, 4.69) is 5.32 Å². The first kappa shape index (κ1) is 18.0. The summed E-state index contributed by atoms with van der Waals surface area (Å²) in [4.78, 5) is 11.6. The lowest BCUT2D eigenvalue weighted by Gasteiger charge is -2.19. The minimum Gasteiger partial charge on any atom is -0.494 e. The molecule has 0 radical (unpaired) electrons. The van der Waals surface area contributed by atoms with E-state index < -0.39 is 11.7 Å². The van der Waals surface area contributed by atoms with Crippen LogP contribution in [0.4, 0.5) is 4.79 Å². The van der Waals surface area contributed by atoms with Crippen molar-refractivity contribution in [1.29, 1.82) is 5.41 Å². The summed E-state index contributed by atoms with van der Waals surface area (Å²) in [5, 5.41) is 18.9. The van der Waals surface area contributed by atoms with Crippen molar-refractivity contribution in [3.8, 4) is 5.75 Å². The van der Waals surface area contributed by atoms with E-state index in [1.54, 1.807) is 45.0 Å². The summed E-state index contributed by atoms with van der Waals surface area (Å²) in [6.45, 7) is 5.99. The highest BCUT2D eigenvalue weighted by Crippen LogP contribution is 2.13. The average molecular weight is 308 g/mol. The van der Waals surface area contributed by atoms with Gasteiger partial charge in [-0.05, 0) is 57.9 Å². The minimum absolute atomic E-state index is 0.0268. The van der Waals surface area contributed by atoms with Gasteiger partial charge in [0.05, 0.1) is 6.61 Å². The lowest BCUT2D eigenvalue weighted by molar-refractivity contribution is 0.0563. The highest BCUT2D eigenvalue weighted by atomic mass is 16.6. The maximum Gasteiger partial charge on any atom is 0.413 e. The number of carbonyl (C=O) groups excluding carboxylic acids is 1. The molecule has 0 aliphatic rings. The zero-order valence-electron chi connectivity index (χ0n) is 13.3. The Bertz CT molecular complexity index is 492. The van der Waals surface area contributed by atoms with Crippen molar-refractivity contribution in [2.45, 2.75) is 39.2 Å². The van der Waals surface area contributed by atoms with Crippen molar-refractivity contribution >= 4 is 11.9 Å². The summed E-state index contributed by atoms with van der Waals surface area (Å²) in [7, 11) is 0. The molecular weight excluding hydrogens is 284 g/mol. The quantitative estimate of drug-likeness (QED) is 0.428. The van der Waals surface area contributed by atoms with Crippen molar-refractivity contribution < 1.29 is 19.4 Å². The van der Waals surface area contributed by atoms with Crippen molar-refractivity contribution in [3.05, 3.63) is 29.8 Å². The summed E-state index contributed by atoms with van der Waals surface area (Å²) in [6.07, 6.45) is 0.846. The van der Waals surface area contributed by atoms with Crippen molar-refractivity contribution in [2.24, 2.45) is 0 Å². The second kappa shape index (κ2) is 8.38. The molecule has 0 bridgehead atoms. The van der Waals surface area contributed by atoms with Crippen LogP contribution in [0.1, 0.15) is 39.2 Å². The zero-order chi connectivity index (χ0) is 16.6. The van der Waals surface area contributed by atoms with Gasteiger partial charge < -0.3 is 14.6 Å². The Balaban J connectivity index is 2.48. The van der Waals surface area contributed by atoms with Gasteiger partial charge in [-0.2, -0.15) is 0 Å². The fraction of sp³-hybridized carbons (Fsp3) is 0.500. The van der Waals surface area contributed by atoms with Gasteiger partial charge in [0.1, 0.15) is 17.2 Å². The van der Waals surface area contributed by atoms with Crippen molar-refractivity contribution in [3.63, 3.8) is 0 Å². The van der Waals surface area contributed by atoms with E-state index in [0.29, 0.717) is 24.3 Å². The topological polar surface area (TPSA) is 91.6 Å². The summed E-state index contributed by atoms with van der Waals surface area (Å²) in [5.41, 5.74) is -0.0371. The maximum atomic E-state index is 11.6. The molecule has 0 saturated carbocycles. The monoisotopic (exact) mass is 308 g/mol. The van der Waals surface area contributed by atoms with Gasteiger partial charge >= 0.3 is 6.09 Å². The fourth-order valence-corrected chi connectivity index (χ4v) is 1.60. The number of alkyl carbamates (subject to hydrolysis) is 1. The molecule has 0 unspecified atom stereocenters. The molecule has 0 spiro atoms. The molecule has 1 aromatic carbocycles. The number of rotatable bonds is 6. The number of aliphatic hydroxyl groups is 1. The highest BCUT2D eigenvalue weighted by molar-refractivity contribution is 6.04. The minimum atomic E-state index is -0.651. The molecule has 0 heterocycles. The summed E-state index contributed by atoms with van der Waals surface area (Å²) >= 11 is 0. The molecule has 0 fully saturated rings.